The molecule has 0 spiro atoms. The first kappa shape index (κ1) is 15.5. The van der Waals surface area contributed by atoms with E-state index in [1.54, 1.807) is 9.80 Å². The van der Waals surface area contributed by atoms with Gasteiger partial charge in [-0.05, 0) is 13.8 Å². The number of carboxylic acids is 1. The molecule has 0 aliphatic carbocycles. The summed E-state index contributed by atoms with van der Waals surface area (Å²) in [5.41, 5.74) is 0.922. The molecule has 1 aliphatic heterocycles. The van der Waals surface area contributed by atoms with Crippen molar-refractivity contribution in [3.63, 3.8) is 0 Å². The third-order valence-electron chi connectivity index (χ3n) is 2.92. The van der Waals surface area contributed by atoms with Crippen molar-refractivity contribution in [1.29, 1.82) is 0 Å². The van der Waals surface area contributed by atoms with E-state index in [-0.39, 0.29) is 12.5 Å². The van der Waals surface area contributed by atoms with Crippen LogP contribution in [0.15, 0.2) is 12.2 Å². The topological polar surface area (TPSA) is 70.1 Å². The van der Waals surface area contributed by atoms with E-state index in [1.165, 1.54) is 0 Å². The van der Waals surface area contributed by atoms with Gasteiger partial charge in [-0.3, -0.25) is 4.79 Å². The number of likely N-dealkylation sites (N-methyl/N-ethyl adjacent to an activating group) is 1. The number of ether oxygens (including phenoxy) is 1. The highest BCUT2D eigenvalue weighted by Crippen LogP contribution is 2.12. The molecule has 1 fully saturated rings. The highest BCUT2D eigenvalue weighted by molar-refractivity contribution is 5.75. The summed E-state index contributed by atoms with van der Waals surface area (Å²) in [5.74, 6) is -0.909. The van der Waals surface area contributed by atoms with Crippen molar-refractivity contribution in [2.75, 3.05) is 32.8 Å². The Morgan fingerprint density at radius 2 is 2.21 bits per heavy atom. The zero-order valence-corrected chi connectivity index (χ0v) is 11.6. The highest BCUT2D eigenvalue weighted by Gasteiger charge is 2.28. The Morgan fingerprint density at radius 3 is 2.74 bits per heavy atom. The summed E-state index contributed by atoms with van der Waals surface area (Å²) < 4.78 is 5.35. The predicted molar refractivity (Wildman–Crippen MR) is 71.0 cm³/mol. The number of morpholine rings is 1. The van der Waals surface area contributed by atoms with Crippen molar-refractivity contribution in [2.24, 2.45) is 0 Å². The molecule has 0 aromatic carbocycles. The summed E-state index contributed by atoms with van der Waals surface area (Å²) in [4.78, 5) is 26.3. The molecule has 1 saturated heterocycles. The molecule has 0 saturated carbocycles. The van der Waals surface area contributed by atoms with Gasteiger partial charge in [0.05, 0.1) is 19.1 Å². The van der Waals surface area contributed by atoms with Gasteiger partial charge in [-0.15, -0.1) is 0 Å². The van der Waals surface area contributed by atoms with Crippen molar-refractivity contribution in [3.8, 4) is 0 Å². The maximum atomic E-state index is 12.3. The number of hydrogen-bond acceptors (Lipinski definition) is 3. The SMILES string of the molecule is C=C(C)CN(CC)C(=O)N1CCOC(CC(=O)O)C1. The minimum absolute atomic E-state index is 0.0730. The number of hydrogen-bond donors (Lipinski definition) is 1. The van der Waals surface area contributed by atoms with E-state index in [2.05, 4.69) is 6.58 Å². The van der Waals surface area contributed by atoms with E-state index in [1.807, 2.05) is 13.8 Å². The van der Waals surface area contributed by atoms with E-state index >= 15 is 0 Å². The first-order chi connectivity index (χ1) is 8.93. The van der Waals surface area contributed by atoms with Crippen LogP contribution >= 0.6 is 0 Å². The molecule has 1 heterocycles. The van der Waals surface area contributed by atoms with E-state index in [4.69, 9.17) is 9.84 Å². The molecular formula is C13H22N2O4. The van der Waals surface area contributed by atoms with Crippen molar-refractivity contribution in [1.82, 2.24) is 9.80 Å². The van der Waals surface area contributed by atoms with Crippen LogP contribution in [-0.4, -0.2) is 65.8 Å². The Morgan fingerprint density at radius 1 is 1.53 bits per heavy atom. The number of amides is 2. The number of aliphatic carboxylic acids is 1. The summed E-state index contributed by atoms with van der Waals surface area (Å²) in [6.45, 7) is 9.94. The zero-order valence-electron chi connectivity index (χ0n) is 11.6. The Balaban J connectivity index is 2.59. The molecule has 108 valence electrons. The molecule has 0 radical (unpaired) electrons. The summed E-state index contributed by atoms with van der Waals surface area (Å²) in [6.07, 6.45) is -0.491. The van der Waals surface area contributed by atoms with Gasteiger partial charge in [0.1, 0.15) is 0 Å². The molecule has 0 bridgehead atoms. The van der Waals surface area contributed by atoms with Crippen LogP contribution in [0.25, 0.3) is 0 Å². The lowest BCUT2D eigenvalue weighted by Crippen LogP contribution is -2.51. The monoisotopic (exact) mass is 270 g/mol. The summed E-state index contributed by atoms with van der Waals surface area (Å²) in [7, 11) is 0. The smallest absolute Gasteiger partial charge is 0.320 e. The largest absolute Gasteiger partial charge is 0.481 e. The fraction of sp³-hybridized carbons (Fsp3) is 0.692. The first-order valence-electron chi connectivity index (χ1n) is 6.45. The number of carboxylic acid groups (broad SMARTS) is 1. The van der Waals surface area contributed by atoms with Gasteiger partial charge in [0, 0.05) is 26.2 Å². The minimum Gasteiger partial charge on any atom is -0.481 e. The molecule has 19 heavy (non-hydrogen) atoms. The highest BCUT2D eigenvalue weighted by atomic mass is 16.5. The minimum atomic E-state index is -0.909. The molecule has 1 unspecified atom stereocenters. The average molecular weight is 270 g/mol. The Kier molecular flexibility index (Phi) is 5.82. The van der Waals surface area contributed by atoms with Crippen LogP contribution in [0.4, 0.5) is 4.79 Å². The standard InChI is InChI=1S/C13H22N2O4/c1-4-14(8-10(2)3)13(18)15-5-6-19-11(9-15)7-12(16)17/h11H,2,4-9H2,1,3H3,(H,16,17). The third kappa shape index (κ3) is 4.90. The van der Waals surface area contributed by atoms with Crippen LogP contribution in [0.5, 0.6) is 0 Å². The molecule has 0 aromatic rings. The van der Waals surface area contributed by atoms with Crippen LogP contribution in [0.3, 0.4) is 0 Å². The number of rotatable bonds is 5. The Bertz CT molecular complexity index is 357. The third-order valence-corrected chi connectivity index (χ3v) is 2.92. The second-order valence-electron chi connectivity index (χ2n) is 4.79. The van der Waals surface area contributed by atoms with E-state index in [9.17, 15) is 9.59 Å². The van der Waals surface area contributed by atoms with Crippen LogP contribution in [0, 0.1) is 0 Å². The summed E-state index contributed by atoms with van der Waals surface area (Å²) >= 11 is 0. The van der Waals surface area contributed by atoms with Crippen LogP contribution < -0.4 is 0 Å². The number of urea groups is 1. The van der Waals surface area contributed by atoms with Crippen molar-refractivity contribution >= 4 is 12.0 Å². The van der Waals surface area contributed by atoms with Crippen molar-refractivity contribution < 1.29 is 19.4 Å². The average Bonchev–Trinajstić information content (AvgIpc) is 2.34. The number of carbonyl (C=O) groups excluding carboxylic acids is 1. The van der Waals surface area contributed by atoms with Crippen molar-refractivity contribution in [3.05, 3.63) is 12.2 Å². The van der Waals surface area contributed by atoms with Crippen LogP contribution in [0.2, 0.25) is 0 Å². The molecule has 0 aromatic heterocycles. The second-order valence-corrected chi connectivity index (χ2v) is 4.79. The lowest BCUT2D eigenvalue weighted by Gasteiger charge is -2.35. The maximum Gasteiger partial charge on any atom is 0.320 e. The molecule has 1 rings (SSSR count). The Hall–Kier alpha value is -1.56. The fourth-order valence-corrected chi connectivity index (χ4v) is 2.05. The van der Waals surface area contributed by atoms with Gasteiger partial charge in [0.2, 0.25) is 0 Å². The second kappa shape index (κ2) is 7.13. The van der Waals surface area contributed by atoms with E-state index in [0.717, 1.165) is 5.57 Å². The molecule has 6 nitrogen and oxygen atoms in total. The molecule has 1 N–H and O–H groups in total. The maximum absolute atomic E-state index is 12.3. The van der Waals surface area contributed by atoms with E-state index < -0.39 is 12.1 Å². The van der Waals surface area contributed by atoms with Gasteiger partial charge in [-0.25, -0.2) is 4.79 Å². The molecular weight excluding hydrogens is 248 g/mol. The number of carbonyl (C=O) groups is 2. The molecule has 2 amide bonds. The summed E-state index contributed by atoms with van der Waals surface area (Å²) in [5, 5.41) is 8.76. The van der Waals surface area contributed by atoms with Gasteiger partial charge < -0.3 is 19.6 Å². The van der Waals surface area contributed by atoms with E-state index in [0.29, 0.717) is 32.8 Å². The molecule has 6 heteroatoms. The van der Waals surface area contributed by atoms with Crippen LogP contribution in [0.1, 0.15) is 20.3 Å². The lowest BCUT2D eigenvalue weighted by atomic mass is 10.2. The number of nitrogens with zero attached hydrogens (tertiary/aromatic N) is 2. The predicted octanol–water partition coefficient (Wildman–Crippen LogP) is 1.18. The normalized spacial score (nSPS) is 19.1. The Labute approximate surface area is 113 Å². The van der Waals surface area contributed by atoms with Gasteiger partial charge in [0.25, 0.3) is 0 Å². The van der Waals surface area contributed by atoms with Gasteiger partial charge >= 0.3 is 12.0 Å². The fourth-order valence-electron chi connectivity index (χ4n) is 2.05. The van der Waals surface area contributed by atoms with Gasteiger partial charge in [-0.1, -0.05) is 12.2 Å². The van der Waals surface area contributed by atoms with Crippen molar-refractivity contribution in [2.45, 2.75) is 26.4 Å². The summed E-state index contributed by atoms with van der Waals surface area (Å²) in [6, 6.07) is -0.0795. The zero-order chi connectivity index (χ0) is 14.4. The lowest BCUT2D eigenvalue weighted by molar-refractivity contribution is -0.141. The first-order valence-corrected chi connectivity index (χ1v) is 6.45. The molecule has 1 atom stereocenters. The van der Waals surface area contributed by atoms with Gasteiger partial charge in [0.15, 0.2) is 0 Å². The quantitative estimate of drug-likeness (QED) is 0.762. The van der Waals surface area contributed by atoms with Gasteiger partial charge in [-0.2, -0.15) is 0 Å². The molecule has 1 aliphatic rings. The van der Waals surface area contributed by atoms with Crippen LogP contribution in [-0.2, 0) is 9.53 Å².